The van der Waals surface area contributed by atoms with E-state index in [1.165, 1.54) is 27.1 Å². The summed E-state index contributed by atoms with van der Waals surface area (Å²) < 4.78 is 10.2. The molecule has 30 heavy (non-hydrogen) atoms. The normalized spacial score (nSPS) is 11.4. The smallest absolute Gasteiger partial charge is 0.166 e. The molecule has 162 valence electrons. The summed E-state index contributed by atoms with van der Waals surface area (Å²) in [6.07, 6.45) is 10.1. The monoisotopic (exact) mass is 412 g/mol. The van der Waals surface area contributed by atoms with Crippen molar-refractivity contribution in [2.24, 2.45) is 9.98 Å². The molecule has 0 fully saturated rings. The van der Waals surface area contributed by atoms with Crippen molar-refractivity contribution >= 4 is 12.4 Å². The molecule has 2 aromatic carbocycles. The summed E-state index contributed by atoms with van der Waals surface area (Å²) in [6, 6.07) is 10.8. The molecule has 0 unspecified atom stereocenters. The van der Waals surface area contributed by atoms with E-state index in [1.54, 1.807) is 24.6 Å². The minimum atomic E-state index is 0.132. The number of aromatic hydroxyl groups is 2. The van der Waals surface area contributed by atoms with E-state index in [0.717, 1.165) is 38.8 Å². The van der Waals surface area contributed by atoms with Gasteiger partial charge in [-0.2, -0.15) is 0 Å². The van der Waals surface area contributed by atoms with E-state index in [4.69, 9.17) is 9.47 Å². The minimum absolute atomic E-state index is 0.132. The SMILES string of the molecule is COc1cccc(C=NCCCCCCCCN=Cc2cccc(OC)c2O)c1O. The maximum atomic E-state index is 10.0. The molecular formula is C24H32N2O4. The van der Waals surface area contributed by atoms with Crippen molar-refractivity contribution in [3.8, 4) is 23.0 Å². The van der Waals surface area contributed by atoms with Crippen LogP contribution in [-0.2, 0) is 0 Å². The number of phenols is 2. The lowest BCUT2D eigenvalue weighted by Crippen LogP contribution is -1.90. The first-order valence-corrected chi connectivity index (χ1v) is 10.4. The van der Waals surface area contributed by atoms with E-state index in [0.29, 0.717) is 22.6 Å². The molecule has 6 nitrogen and oxygen atoms in total. The number of hydrogen-bond donors (Lipinski definition) is 2. The van der Waals surface area contributed by atoms with Crippen LogP contribution in [0.3, 0.4) is 0 Å². The number of nitrogens with zero attached hydrogens (tertiary/aromatic N) is 2. The summed E-state index contributed by atoms with van der Waals surface area (Å²) >= 11 is 0. The topological polar surface area (TPSA) is 83.6 Å². The third-order valence-corrected chi connectivity index (χ3v) is 4.79. The molecule has 0 bridgehead atoms. The van der Waals surface area contributed by atoms with Gasteiger partial charge >= 0.3 is 0 Å². The Bertz CT molecular complexity index is 764. The van der Waals surface area contributed by atoms with E-state index in [2.05, 4.69) is 9.98 Å². The molecule has 0 atom stereocenters. The van der Waals surface area contributed by atoms with Gasteiger partial charge in [0, 0.05) is 36.6 Å². The van der Waals surface area contributed by atoms with Gasteiger partial charge in [-0.1, -0.05) is 37.8 Å². The van der Waals surface area contributed by atoms with Gasteiger partial charge in [-0.3, -0.25) is 9.98 Å². The average Bonchev–Trinajstić information content (AvgIpc) is 2.76. The second-order valence-corrected chi connectivity index (χ2v) is 6.99. The van der Waals surface area contributed by atoms with Crippen LogP contribution in [0.2, 0.25) is 0 Å². The number of hydrogen-bond acceptors (Lipinski definition) is 6. The van der Waals surface area contributed by atoms with Crippen molar-refractivity contribution in [2.45, 2.75) is 38.5 Å². The van der Waals surface area contributed by atoms with Gasteiger partial charge in [0.25, 0.3) is 0 Å². The van der Waals surface area contributed by atoms with Crippen LogP contribution in [0.4, 0.5) is 0 Å². The van der Waals surface area contributed by atoms with Crippen molar-refractivity contribution in [2.75, 3.05) is 27.3 Å². The fourth-order valence-electron chi connectivity index (χ4n) is 3.06. The highest BCUT2D eigenvalue weighted by Gasteiger charge is 2.05. The molecular weight excluding hydrogens is 380 g/mol. The van der Waals surface area contributed by atoms with Crippen LogP contribution in [0.25, 0.3) is 0 Å². The summed E-state index contributed by atoms with van der Waals surface area (Å²) in [5.74, 6) is 1.19. The Kier molecular flexibility index (Phi) is 10.3. The third kappa shape index (κ3) is 7.43. The van der Waals surface area contributed by atoms with E-state index < -0.39 is 0 Å². The van der Waals surface area contributed by atoms with Crippen LogP contribution in [0.1, 0.15) is 49.7 Å². The van der Waals surface area contributed by atoms with Crippen LogP contribution in [0.15, 0.2) is 46.4 Å². The molecule has 2 N–H and O–H groups in total. The number of ether oxygens (including phenoxy) is 2. The molecule has 0 amide bonds. The second kappa shape index (κ2) is 13.2. The number of methoxy groups -OCH3 is 2. The number of rotatable bonds is 13. The van der Waals surface area contributed by atoms with Gasteiger partial charge in [-0.25, -0.2) is 0 Å². The zero-order chi connectivity index (χ0) is 21.6. The van der Waals surface area contributed by atoms with Crippen molar-refractivity contribution in [1.82, 2.24) is 0 Å². The Morgan fingerprint density at radius 1 is 0.667 bits per heavy atom. The Morgan fingerprint density at radius 3 is 1.47 bits per heavy atom. The molecule has 0 aromatic heterocycles. The van der Waals surface area contributed by atoms with Crippen molar-refractivity contribution in [1.29, 1.82) is 0 Å². The lowest BCUT2D eigenvalue weighted by Gasteiger charge is -2.05. The molecule has 0 saturated heterocycles. The largest absolute Gasteiger partial charge is 0.504 e. The summed E-state index contributed by atoms with van der Waals surface area (Å²) in [7, 11) is 3.07. The third-order valence-electron chi connectivity index (χ3n) is 4.79. The Balaban J connectivity index is 1.54. The summed E-state index contributed by atoms with van der Waals surface area (Å²) in [5.41, 5.74) is 1.36. The quantitative estimate of drug-likeness (QED) is 0.358. The Hall–Kier alpha value is -3.02. The molecule has 0 aliphatic rings. The number of unbranched alkanes of at least 4 members (excludes halogenated alkanes) is 5. The average molecular weight is 413 g/mol. The van der Waals surface area contributed by atoms with E-state index >= 15 is 0 Å². The number of para-hydroxylation sites is 2. The number of aliphatic imine (C=N–C) groups is 2. The fourth-order valence-corrected chi connectivity index (χ4v) is 3.06. The highest BCUT2D eigenvalue weighted by molar-refractivity contribution is 5.85. The van der Waals surface area contributed by atoms with Crippen LogP contribution in [-0.4, -0.2) is 50.0 Å². The standard InChI is InChI=1S/C24H32N2O4/c1-29-21-13-9-11-19(23(21)27)17-25-15-7-5-3-4-6-8-16-26-18-20-12-10-14-22(30-2)24(20)28/h9-14,17-18,27-28H,3-8,15-16H2,1-2H3. The molecule has 0 heterocycles. The summed E-state index contributed by atoms with van der Waals surface area (Å²) in [5, 5.41) is 20.0. The Labute approximate surface area is 178 Å². The van der Waals surface area contributed by atoms with Crippen LogP contribution < -0.4 is 9.47 Å². The van der Waals surface area contributed by atoms with Crippen molar-refractivity contribution in [3.05, 3.63) is 47.5 Å². The first-order chi connectivity index (χ1) is 14.7. The molecule has 0 spiro atoms. The highest BCUT2D eigenvalue weighted by Crippen LogP contribution is 2.28. The Morgan fingerprint density at radius 2 is 1.07 bits per heavy atom. The molecule has 2 rings (SSSR count). The zero-order valence-corrected chi connectivity index (χ0v) is 17.9. The first kappa shape index (κ1) is 23.3. The lowest BCUT2D eigenvalue weighted by molar-refractivity contribution is 0.373. The fraction of sp³-hybridized carbons (Fsp3) is 0.417. The van der Waals surface area contributed by atoms with Gasteiger partial charge in [-0.15, -0.1) is 0 Å². The van der Waals surface area contributed by atoms with Crippen LogP contribution in [0, 0.1) is 0 Å². The lowest BCUT2D eigenvalue weighted by atomic mass is 10.1. The maximum Gasteiger partial charge on any atom is 0.166 e. The molecule has 6 heteroatoms. The molecule has 0 radical (unpaired) electrons. The number of benzene rings is 2. The van der Waals surface area contributed by atoms with Crippen molar-refractivity contribution in [3.63, 3.8) is 0 Å². The van der Waals surface area contributed by atoms with E-state index in [-0.39, 0.29) is 11.5 Å². The molecule has 0 aliphatic heterocycles. The highest BCUT2D eigenvalue weighted by atomic mass is 16.5. The predicted molar refractivity (Wildman–Crippen MR) is 122 cm³/mol. The second-order valence-electron chi connectivity index (χ2n) is 6.99. The molecule has 0 saturated carbocycles. The maximum absolute atomic E-state index is 10.0. The van der Waals surface area contributed by atoms with Gasteiger partial charge in [0.1, 0.15) is 0 Å². The van der Waals surface area contributed by atoms with Gasteiger partial charge in [0.15, 0.2) is 23.0 Å². The molecule has 2 aromatic rings. The molecule has 0 aliphatic carbocycles. The summed E-state index contributed by atoms with van der Waals surface area (Å²) in [4.78, 5) is 8.79. The van der Waals surface area contributed by atoms with Gasteiger partial charge in [-0.05, 0) is 37.1 Å². The van der Waals surface area contributed by atoms with E-state index in [9.17, 15) is 10.2 Å². The van der Waals surface area contributed by atoms with Gasteiger partial charge in [0.2, 0.25) is 0 Å². The minimum Gasteiger partial charge on any atom is -0.504 e. The van der Waals surface area contributed by atoms with Gasteiger partial charge < -0.3 is 19.7 Å². The van der Waals surface area contributed by atoms with Crippen LogP contribution >= 0.6 is 0 Å². The predicted octanol–water partition coefficient (Wildman–Crippen LogP) is 4.99. The zero-order valence-electron chi connectivity index (χ0n) is 17.9. The van der Waals surface area contributed by atoms with E-state index in [1.807, 2.05) is 24.3 Å². The first-order valence-electron chi connectivity index (χ1n) is 10.4. The van der Waals surface area contributed by atoms with Crippen molar-refractivity contribution < 1.29 is 19.7 Å². The van der Waals surface area contributed by atoms with Crippen LogP contribution in [0.5, 0.6) is 23.0 Å². The summed E-state index contributed by atoms with van der Waals surface area (Å²) in [6.45, 7) is 1.51. The van der Waals surface area contributed by atoms with Gasteiger partial charge in [0.05, 0.1) is 14.2 Å². The number of phenolic OH excluding ortho intramolecular Hbond substituents is 2.